The molecule has 5 heteroatoms. The molecule has 2 aromatic carbocycles. The summed E-state index contributed by atoms with van der Waals surface area (Å²) in [7, 11) is 0. The summed E-state index contributed by atoms with van der Waals surface area (Å²) in [6, 6.07) is 11.0. The van der Waals surface area contributed by atoms with E-state index >= 15 is 0 Å². The molecule has 0 bridgehead atoms. The van der Waals surface area contributed by atoms with Crippen molar-refractivity contribution in [3.8, 4) is 0 Å². The molecule has 25 heavy (non-hydrogen) atoms. The molecule has 0 aromatic heterocycles. The number of halogens is 2. The molecule has 0 amide bonds. The number of hydrogen-bond donors (Lipinski definition) is 1. The van der Waals surface area contributed by atoms with Gasteiger partial charge in [-0.25, -0.2) is 8.78 Å². The van der Waals surface area contributed by atoms with Crippen LogP contribution in [0.15, 0.2) is 48.5 Å². The lowest BCUT2D eigenvalue weighted by atomic mass is 9.72. The highest BCUT2D eigenvalue weighted by molar-refractivity contribution is 5.99. The van der Waals surface area contributed by atoms with E-state index in [-0.39, 0.29) is 11.6 Å². The number of nitrogens with zero attached hydrogens (tertiary/aromatic N) is 1. The topological polar surface area (TPSA) is 40.5 Å². The van der Waals surface area contributed by atoms with Crippen molar-refractivity contribution < 1.29 is 18.7 Å². The summed E-state index contributed by atoms with van der Waals surface area (Å²) in [5, 5.41) is 11.3. The Morgan fingerprint density at radius 3 is 2.24 bits per heavy atom. The number of aliphatic hydroxyl groups is 1. The number of likely N-dealkylation sites (tertiary alicyclic amines) is 1. The summed E-state index contributed by atoms with van der Waals surface area (Å²) in [6.45, 7) is 3.83. The third kappa shape index (κ3) is 3.48. The Balaban J connectivity index is 1.98. The molecule has 1 heterocycles. The number of piperidine rings is 1. The Labute approximate surface area is 145 Å². The van der Waals surface area contributed by atoms with Crippen molar-refractivity contribution >= 4 is 5.78 Å². The highest BCUT2D eigenvalue weighted by atomic mass is 19.1. The first-order valence-corrected chi connectivity index (χ1v) is 8.44. The van der Waals surface area contributed by atoms with Crippen LogP contribution in [0, 0.1) is 17.6 Å². The van der Waals surface area contributed by atoms with E-state index in [1.807, 2.05) is 6.92 Å². The second kappa shape index (κ2) is 7.02. The molecule has 2 aromatic rings. The summed E-state index contributed by atoms with van der Waals surface area (Å²) in [5.74, 6) is -1.73. The van der Waals surface area contributed by atoms with Crippen molar-refractivity contribution in [3.63, 3.8) is 0 Å². The van der Waals surface area contributed by atoms with Crippen LogP contribution < -0.4 is 0 Å². The van der Waals surface area contributed by atoms with Crippen molar-refractivity contribution in [1.29, 1.82) is 0 Å². The standard InChI is InChI=1S/C20H21F2NO2/c1-2-23-12-11-20(25,15-5-9-17(22)10-6-15)18(13-23)19(24)14-3-7-16(21)8-4-14/h3-10,18,25H,2,11-13H2,1H3/t18-,20+/m0/s1. The van der Waals surface area contributed by atoms with Crippen LogP contribution in [-0.2, 0) is 5.60 Å². The molecule has 0 aliphatic carbocycles. The van der Waals surface area contributed by atoms with Crippen LogP contribution >= 0.6 is 0 Å². The average molecular weight is 345 g/mol. The van der Waals surface area contributed by atoms with E-state index < -0.39 is 17.3 Å². The van der Waals surface area contributed by atoms with E-state index in [4.69, 9.17) is 0 Å². The zero-order chi connectivity index (χ0) is 18.0. The van der Waals surface area contributed by atoms with Gasteiger partial charge in [0.25, 0.3) is 0 Å². The molecule has 3 rings (SSSR count). The monoisotopic (exact) mass is 345 g/mol. The number of benzene rings is 2. The fourth-order valence-electron chi connectivity index (χ4n) is 3.49. The number of Topliss-reactive ketones (excluding diaryl/α,β-unsaturated/α-hetero) is 1. The highest BCUT2D eigenvalue weighted by Gasteiger charge is 2.46. The lowest BCUT2D eigenvalue weighted by Crippen LogP contribution is -2.53. The minimum Gasteiger partial charge on any atom is -0.384 e. The van der Waals surface area contributed by atoms with E-state index in [0.717, 1.165) is 6.54 Å². The number of ketones is 1. The van der Waals surface area contributed by atoms with Crippen molar-refractivity contribution in [2.24, 2.45) is 5.92 Å². The number of hydrogen-bond acceptors (Lipinski definition) is 3. The van der Waals surface area contributed by atoms with Gasteiger partial charge in [0.2, 0.25) is 0 Å². The second-order valence-corrected chi connectivity index (χ2v) is 6.50. The Hall–Kier alpha value is -2.11. The predicted octanol–water partition coefficient (Wildman–Crippen LogP) is 3.38. The van der Waals surface area contributed by atoms with Gasteiger partial charge < -0.3 is 10.0 Å². The van der Waals surface area contributed by atoms with Crippen LogP contribution in [0.2, 0.25) is 0 Å². The van der Waals surface area contributed by atoms with Gasteiger partial charge in [-0.05, 0) is 54.9 Å². The summed E-state index contributed by atoms with van der Waals surface area (Å²) in [5.41, 5.74) is -0.472. The molecular weight excluding hydrogens is 324 g/mol. The van der Waals surface area contributed by atoms with E-state index in [1.165, 1.54) is 48.5 Å². The van der Waals surface area contributed by atoms with Crippen molar-refractivity contribution in [2.45, 2.75) is 18.9 Å². The maximum absolute atomic E-state index is 13.3. The zero-order valence-electron chi connectivity index (χ0n) is 14.1. The Bertz CT molecular complexity index is 745. The van der Waals surface area contributed by atoms with Gasteiger partial charge in [-0.15, -0.1) is 0 Å². The van der Waals surface area contributed by atoms with Crippen LogP contribution in [0.25, 0.3) is 0 Å². The van der Waals surface area contributed by atoms with Crippen molar-refractivity contribution in [2.75, 3.05) is 19.6 Å². The molecule has 0 radical (unpaired) electrons. The van der Waals surface area contributed by atoms with Crippen LogP contribution in [0.5, 0.6) is 0 Å². The first-order chi connectivity index (χ1) is 11.9. The van der Waals surface area contributed by atoms with Crippen LogP contribution in [0.3, 0.4) is 0 Å². The summed E-state index contributed by atoms with van der Waals surface area (Å²) in [4.78, 5) is 15.1. The van der Waals surface area contributed by atoms with E-state index in [9.17, 15) is 18.7 Å². The minimum absolute atomic E-state index is 0.232. The Morgan fingerprint density at radius 1 is 1.12 bits per heavy atom. The molecule has 0 spiro atoms. The molecule has 132 valence electrons. The molecule has 2 atom stereocenters. The maximum Gasteiger partial charge on any atom is 0.170 e. The summed E-state index contributed by atoms with van der Waals surface area (Å²) < 4.78 is 26.4. The lowest BCUT2D eigenvalue weighted by molar-refractivity contribution is -0.0632. The Morgan fingerprint density at radius 2 is 1.68 bits per heavy atom. The van der Waals surface area contributed by atoms with Crippen LogP contribution in [0.1, 0.15) is 29.3 Å². The molecular formula is C20H21F2NO2. The lowest BCUT2D eigenvalue weighted by Gasteiger charge is -2.44. The quantitative estimate of drug-likeness (QED) is 0.864. The van der Waals surface area contributed by atoms with Gasteiger partial charge in [0, 0.05) is 18.7 Å². The third-order valence-electron chi connectivity index (χ3n) is 5.06. The normalized spacial score (nSPS) is 24.2. The molecule has 1 aliphatic rings. The smallest absolute Gasteiger partial charge is 0.170 e. The summed E-state index contributed by atoms with van der Waals surface area (Å²) >= 11 is 0. The molecule has 0 saturated carbocycles. The average Bonchev–Trinajstić information content (AvgIpc) is 2.62. The number of rotatable bonds is 4. The van der Waals surface area contributed by atoms with Gasteiger partial charge in [-0.1, -0.05) is 19.1 Å². The third-order valence-corrected chi connectivity index (χ3v) is 5.06. The Kier molecular flexibility index (Phi) is 4.97. The van der Waals surface area contributed by atoms with E-state index in [2.05, 4.69) is 4.90 Å². The van der Waals surface area contributed by atoms with Crippen molar-refractivity contribution in [1.82, 2.24) is 4.90 Å². The molecule has 1 N–H and O–H groups in total. The zero-order valence-corrected chi connectivity index (χ0v) is 14.1. The molecule has 1 aliphatic heterocycles. The largest absolute Gasteiger partial charge is 0.384 e. The molecule has 0 unspecified atom stereocenters. The minimum atomic E-state index is -1.37. The fraction of sp³-hybridized carbons (Fsp3) is 0.350. The van der Waals surface area contributed by atoms with E-state index in [1.54, 1.807) is 0 Å². The van der Waals surface area contributed by atoms with Gasteiger partial charge in [0.15, 0.2) is 5.78 Å². The van der Waals surface area contributed by atoms with Gasteiger partial charge in [0.1, 0.15) is 17.2 Å². The first kappa shape index (κ1) is 17.7. The predicted molar refractivity (Wildman–Crippen MR) is 91.2 cm³/mol. The number of carbonyl (C=O) groups is 1. The van der Waals surface area contributed by atoms with Gasteiger partial charge in [-0.3, -0.25) is 4.79 Å². The molecule has 1 saturated heterocycles. The number of carbonyl (C=O) groups excluding carboxylic acids is 1. The SMILES string of the molecule is CCN1CC[C@@](O)(c2ccc(F)cc2)[C@H](C(=O)c2ccc(F)cc2)C1. The highest BCUT2D eigenvalue weighted by Crippen LogP contribution is 2.39. The molecule has 1 fully saturated rings. The van der Waals surface area contributed by atoms with Crippen molar-refractivity contribution in [3.05, 3.63) is 71.3 Å². The molecule has 3 nitrogen and oxygen atoms in total. The second-order valence-electron chi connectivity index (χ2n) is 6.50. The summed E-state index contributed by atoms with van der Waals surface area (Å²) in [6.07, 6.45) is 0.379. The fourth-order valence-corrected chi connectivity index (χ4v) is 3.49. The van der Waals surface area contributed by atoms with Gasteiger partial charge in [0.05, 0.1) is 5.92 Å². The van der Waals surface area contributed by atoms with Gasteiger partial charge >= 0.3 is 0 Å². The maximum atomic E-state index is 13.3. The van der Waals surface area contributed by atoms with E-state index in [0.29, 0.717) is 30.6 Å². The first-order valence-electron chi connectivity index (χ1n) is 8.44. The van der Waals surface area contributed by atoms with Gasteiger partial charge in [-0.2, -0.15) is 0 Å². The van der Waals surface area contributed by atoms with Crippen LogP contribution in [0.4, 0.5) is 8.78 Å². The van der Waals surface area contributed by atoms with Crippen LogP contribution in [-0.4, -0.2) is 35.4 Å².